The van der Waals surface area contributed by atoms with Gasteiger partial charge in [-0.1, -0.05) is 105 Å². The highest BCUT2D eigenvalue weighted by Gasteiger charge is 2.24. The van der Waals surface area contributed by atoms with Gasteiger partial charge < -0.3 is 0 Å². The van der Waals surface area contributed by atoms with Crippen molar-refractivity contribution >= 4 is 10.0 Å². The minimum atomic E-state index is -3.54. The molecule has 3 nitrogen and oxygen atoms in total. The molecule has 3 aromatic rings. The Morgan fingerprint density at radius 1 is 0.788 bits per heavy atom. The standard InChI is InChI=1S/C29H37NO2S/c1-4-5-6-10-21-30(33(31,32)29-19-13-24(2)14-20-29)23-27-15-17-28(18-16-27)25(3)22-26-11-8-7-9-12-26/h7-9,11-20,25H,4-6,10,21-23H2,1-3H3. The summed E-state index contributed by atoms with van der Waals surface area (Å²) in [7, 11) is -3.54. The Morgan fingerprint density at radius 2 is 1.45 bits per heavy atom. The smallest absolute Gasteiger partial charge is 0.207 e. The van der Waals surface area contributed by atoms with Crippen molar-refractivity contribution in [1.29, 1.82) is 0 Å². The van der Waals surface area contributed by atoms with Crippen LogP contribution in [-0.4, -0.2) is 19.3 Å². The molecule has 3 rings (SSSR count). The predicted molar refractivity (Wildman–Crippen MR) is 138 cm³/mol. The first-order chi connectivity index (χ1) is 15.9. The molecule has 0 N–H and O–H groups in total. The van der Waals surface area contributed by atoms with E-state index in [1.807, 2.05) is 25.1 Å². The van der Waals surface area contributed by atoms with Gasteiger partial charge in [0, 0.05) is 13.1 Å². The van der Waals surface area contributed by atoms with Gasteiger partial charge >= 0.3 is 0 Å². The number of benzene rings is 3. The molecule has 0 saturated carbocycles. The first kappa shape index (κ1) is 25.2. The fourth-order valence-corrected chi connectivity index (χ4v) is 5.57. The normalized spacial score (nSPS) is 12.7. The molecule has 0 saturated heterocycles. The fourth-order valence-electron chi connectivity index (χ4n) is 4.10. The zero-order valence-electron chi connectivity index (χ0n) is 20.2. The fraction of sp³-hybridized carbons (Fsp3) is 0.379. The molecule has 0 radical (unpaired) electrons. The summed E-state index contributed by atoms with van der Waals surface area (Å²) < 4.78 is 28.5. The summed E-state index contributed by atoms with van der Waals surface area (Å²) >= 11 is 0. The lowest BCUT2D eigenvalue weighted by Gasteiger charge is -2.23. The molecule has 176 valence electrons. The van der Waals surface area contributed by atoms with E-state index in [-0.39, 0.29) is 0 Å². The van der Waals surface area contributed by atoms with Crippen molar-refractivity contribution in [3.8, 4) is 0 Å². The number of hydrogen-bond donors (Lipinski definition) is 0. The van der Waals surface area contributed by atoms with Crippen molar-refractivity contribution in [2.75, 3.05) is 6.54 Å². The molecule has 0 amide bonds. The maximum atomic E-state index is 13.4. The highest BCUT2D eigenvalue weighted by Crippen LogP contribution is 2.23. The molecule has 1 atom stereocenters. The number of nitrogens with zero attached hydrogens (tertiary/aromatic N) is 1. The van der Waals surface area contributed by atoms with Crippen LogP contribution in [-0.2, 0) is 23.0 Å². The van der Waals surface area contributed by atoms with Crippen LogP contribution in [0.4, 0.5) is 0 Å². The van der Waals surface area contributed by atoms with Gasteiger partial charge in [0.15, 0.2) is 0 Å². The Balaban J connectivity index is 1.74. The van der Waals surface area contributed by atoms with Crippen LogP contribution in [0.1, 0.15) is 67.7 Å². The van der Waals surface area contributed by atoms with Crippen LogP contribution in [0, 0.1) is 6.92 Å². The number of hydrogen-bond acceptors (Lipinski definition) is 2. The van der Waals surface area contributed by atoms with E-state index < -0.39 is 10.0 Å². The molecule has 0 heterocycles. The van der Waals surface area contributed by atoms with Crippen LogP contribution < -0.4 is 0 Å². The van der Waals surface area contributed by atoms with Gasteiger partial charge in [0.1, 0.15) is 0 Å². The van der Waals surface area contributed by atoms with Crippen LogP contribution >= 0.6 is 0 Å². The van der Waals surface area contributed by atoms with Gasteiger partial charge in [-0.2, -0.15) is 4.31 Å². The van der Waals surface area contributed by atoms with E-state index in [1.165, 1.54) is 11.1 Å². The predicted octanol–water partition coefficient (Wildman–Crippen LogP) is 7.11. The summed E-state index contributed by atoms with van der Waals surface area (Å²) in [6.07, 6.45) is 5.18. The van der Waals surface area contributed by atoms with Crippen molar-refractivity contribution in [1.82, 2.24) is 4.31 Å². The molecule has 0 aliphatic heterocycles. The molecule has 33 heavy (non-hydrogen) atoms. The first-order valence-electron chi connectivity index (χ1n) is 12.1. The monoisotopic (exact) mass is 463 g/mol. The third-order valence-corrected chi connectivity index (χ3v) is 8.07. The van der Waals surface area contributed by atoms with E-state index in [4.69, 9.17) is 0 Å². The van der Waals surface area contributed by atoms with Crippen molar-refractivity contribution in [2.24, 2.45) is 0 Å². The lowest BCUT2D eigenvalue weighted by Crippen LogP contribution is -2.31. The molecular weight excluding hydrogens is 426 g/mol. The molecule has 0 spiro atoms. The van der Waals surface area contributed by atoms with Gasteiger partial charge in [-0.15, -0.1) is 0 Å². The zero-order valence-corrected chi connectivity index (χ0v) is 21.0. The highest BCUT2D eigenvalue weighted by atomic mass is 32.2. The number of rotatable bonds is 12. The quantitative estimate of drug-likeness (QED) is 0.268. The summed E-state index contributed by atoms with van der Waals surface area (Å²) in [4.78, 5) is 0.372. The second-order valence-corrected chi connectivity index (χ2v) is 11.0. The molecule has 0 bridgehead atoms. The summed E-state index contributed by atoms with van der Waals surface area (Å²) in [6.45, 7) is 7.32. The topological polar surface area (TPSA) is 37.4 Å². The Hall–Kier alpha value is -2.43. The van der Waals surface area contributed by atoms with Crippen LogP contribution in [0.25, 0.3) is 0 Å². The lowest BCUT2D eigenvalue weighted by atomic mass is 9.93. The minimum Gasteiger partial charge on any atom is -0.207 e. The lowest BCUT2D eigenvalue weighted by molar-refractivity contribution is 0.392. The van der Waals surface area contributed by atoms with E-state index >= 15 is 0 Å². The van der Waals surface area contributed by atoms with E-state index in [0.717, 1.165) is 43.2 Å². The molecule has 0 aromatic heterocycles. The zero-order chi connectivity index (χ0) is 23.7. The van der Waals surface area contributed by atoms with E-state index in [2.05, 4.69) is 62.4 Å². The van der Waals surface area contributed by atoms with E-state index in [0.29, 0.717) is 23.9 Å². The number of unbranched alkanes of at least 4 members (excludes halogenated alkanes) is 3. The van der Waals surface area contributed by atoms with Gasteiger partial charge in [-0.05, 0) is 54.5 Å². The average Bonchev–Trinajstić information content (AvgIpc) is 2.82. The Morgan fingerprint density at radius 3 is 2.09 bits per heavy atom. The molecule has 1 unspecified atom stereocenters. The van der Waals surface area contributed by atoms with Crippen molar-refractivity contribution in [2.45, 2.75) is 70.2 Å². The van der Waals surface area contributed by atoms with E-state index in [9.17, 15) is 8.42 Å². The van der Waals surface area contributed by atoms with Crippen molar-refractivity contribution < 1.29 is 8.42 Å². The summed E-state index contributed by atoms with van der Waals surface area (Å²) in [5.74, 6) is 0.405. The second-order valence-electron chi connectivity index (χ2n) is 9.04. The third-order valence-electron chi connectivity index (χ3n) is 6.21. The van der Waals surface area contributed by atoms with E-state index in [1.54, 1.807) is 16.4 Å². The van der Waals surface area contributed by atoms with Crippen molar-refractivity contribution in [3.05, 3.63) is 101 Å². The highest BCUT2D eigenvalue weighted by molar-refractivity contribution is 7.89. The maximum absolute atomic E-state index is 13.4. The van der Waals surface area contributed by atoms with Crippen LogP contribution in [0.2, 0.25) is 0 Å². The molecule has 3 aromatic carbocycles. The Kier molecular flexibility index (Phi) is 9.28. The van der Waals surface area contributed by atoms with Gasteiger partial charge in [0.05, 0.1) is 4.90 Å². The SMILES string of the molecule is CCCCCCN(Cc1ccc(C(C)Cc2ccccc2)cc1)S(=O)(=O)c1ccc(C)cc1. The second kappa shape index (κ2) is 12.2. The summed E-state index contributed by atoms with van der Waals surface area (Å²) in [5, 5.41) is 0. The van der Waals surface area contributed by atoms with Gasteiger partial charge in [0.25, 0.3) is 0 Å². The largest absolute Gasteiger partial charge is 0.243 e. The number of sulfonamides is 1. The number of aryl methyl sites for hydroxylation is 1. The summed E-state index contributed by atoms with van der Waals surface area (Å²) in [6, 6.07) is 26.2. The van der Waals surface area contributed by atoms with Gasteiger partial charge in [-0.3, -0.25) is 0 Å². The Bertz CT molecular complexity index is 1070. The van der Waals surface area contributed by atoms with Crippen LogP contribution in [0.15, 0.2) is 83.8 Å². The maximum Gasteiger partial charge on any atom is 0.243 e. The van der Waals surface area contributed by atoms with Gasteiger partial charge in [-0.25, -0.2) is 8.42 Å². The molecular formula is C29H37NO2S. The third kappa shape index (κ3) is 7.28. The van der Waals surface area contributed by atoms with Crippen LogP contribution in [0.5, 0.6) is 0 Å². The minimum absolute atomic E-state index is 0.372. The average molecular weight is 464 g/mol. The Labute approximate surface area is 200 Å². The molecule has 0 aliphatic carbocycles. The van der Waals surface area contributed by atoms with Crippen LogP contribution in [0.3, 0.4) is 0 Å². The molecule has 0 fully saturated rings. The van der Waals surface area contributed by atoms with Crippen molar-refractivity contribution in [3.63, 3.8) is 0 Å². The summed E-state index contributed by atoms with van der Waals surface area (Å²) in [5.41, 5.74) is 4.69. The van der Waals surface area contributed by atoms with Gasteiger partial charge in [0.2, 0.25) is 10.0 Å². The molecule has 4 heteroatoms. The molecule has 0 aliphatic rings. The first-order valence-corrected chi connectivity index (χ1v) is 13.5.